The Morgan fingerprint density at radius 1 is 1.28 bits per heavy atom. The molecule has 9 nitrogen and oxygen atoms in total. The molecule has 1 aliphatic rings. The second kappa shape index (κ2) is 8.03. The van der Waals surface area contributed by atoms with Crippen molar-refractivity contribution in [3.63, 3.8) is 0 Å². The maximum absolute atomic E-state index is 14.6. The van der Waals surface area contributed by atoms with Gasteiger partial charge in [0.25, 0.3) is 5.91 Å². The molecule has 3 heterocycles. The zero-order valence-electron chi connectivity index (χ0n) is 17.8. The Morgan fingerprint density at radius 2 is 2.12 bits per heavy atom. The summed E-state index contributed by atoms with van der Waals surface area (Å²) in [4.78, 5) is 21.4. The first-order chi connectivity index (χ1) is 15.5. The molecule has 10 heteroatoms. The number of fused-ring (bicyclic) bond motifs is 1. The van der Waals surface area contributed by atoms with E-state index in [1.165, 1.54) is 12.1 Å². The summed E-state index contributed by atoms with van der Waals surface area (Å²) in [6, 6.07) is 4.49. The first-order valence-electron chi connectivity index (χ1n) is 10.6. The topological polar surface area (TPSA) is 103 Å². The Hall–Kier alpha value is -3.82. The van der Waals surface area contributed by atoms with Crippen LogP contribution < -0.4 is 10.6 Å². The molecule has 0 unspecified atom stereocenters. The molecule has 0 saturated heterocycles. The quantitative estimate of drug-likeness (QED) is 0.457. The summed E-state index contributed by atoms with van der Waals surface area (Å²) in [6.45, 7) is 4.53. The van der Waals surface area contributed by atoms with Crippen LogP contribution >= 0.6 is 0 Å². The monoisotopic (exact) mass is 434 g/mol. The van der Waals surface area contributed by atoms with Gasteiger partial charge in [0.2, 0.25) is 5.65 Å². The van der Waals surface area contributed by atoms with E-state index in [1.807, 2.05) is 24.7 Å². The van der Waals surface area contributed by atoms with Crippen LogP contribution in [0, 0.1) is 5.82 Å². The first-order valence-corrected chi connectivity index (χ1v) is 10.6. The van der Waals surface area contributed by atoms with Crippen LogP contribution in [0.1, 0.15) is 54.7 Å². The largest absolute Gasteiger partial charge is 0.362 e. The van der Waals surface area contributed by atoms with E-state index in [0.717, 1.165) is 19.4 Å². The molecule has 1 fully saturated rings. The Kier molecular flexibility index (Phi) is 5.04. The van der Waals surface area contributed by atoms with Crippen molar-refractivity contribution in [3.05, 3.63) is 59.9 Å². The van der Waals surface area contributed by atoms with Crippen LogP contribution in [0.15, 0.2) is 43.0 Å². The van der Waals surface area contributed by atoms with Gasteiger partial charge in [0.1, 0.15) is 17.2 Å². The number of halogens is 1. The van der Waals surface area contributed by atoms with Gasteiger partial charge in [0.15, 0.2) is 0 Å². The lowest BCUT2D eigenvalue weighted by Gasteiger charge is -2.16. The third-order valence-electron chi connectivity index (χ3n) is 5.47. The summed E-state index contributed by atoms with van der Waals surface area (Å²) in [7, 11) is 0. The van der Waals surface area contributed by atoms with E-state index in [0.29, 0.717) is 39.8 Å². The lowest BCUT2D eigenvalue weighted by molar-refractivity contribution is 0.102. The average Bonchev–Trinajstić information content (AvgIpc) is 3.36. The number of carbonyl (C=O) groups excluding carboxylic acids is 1. The van der Waals surface area contributed by atoms with Crippen molar-refractivity contribution in [2.45, 2.75) is 45.3 Å². The molecule has 1 amide bonds. The lowest BCUT2D eigenvalue weighted by atomic mass is 10.1. The zero-order valence-corrected chi connectivity index (χ0v) is 17.8. The minimum atomic E-state index is -0.413. The predicted octanol–water partition coefficient (Wildman–Crippen LogP) is 3.94. The SMILES string of the molecule is CCn1cc2ncc(N[C@@H](C)c3cc(NC(=O)c4cnn(C5CC5)c4)ccc3F)nc2n1. The van der Waals surface area contributed by atoms with E-state index in [2.05, 4.69) is 30.8 Å². The van der Waals surface area contributed by atoms with Crippen LogP contribution in [0.25, 0.3) is 11.2 Å². The molecule has 3 aromatic heterocycles. The van der Waals surface area contributed by atoms with Gasteiger partial charge in [0, 0.05) is 24.0 Å². The van der Waals surface area contributed by atoms with Crippen LogP contribution in [0.4, 0.5) is 15.9 Å². The highest BCUT2D eigenvalue weighted by atomic mass is 19.1. The molecule has 5 rings (SSSR count). The Bertz CT molecular complexity index is 1290. The Morgan fingerprint density at radius 3 is 2.91 bits per heavy atom. The molecule has 2 N–H and O–H groups in total. The van der Waals surface area contributed by atoms with Crippen molar-refractivity contribution in [1.29, 1.82) is 0 Å². The molecule has 0 aliphatic heterocycles. The average molecular weight is 434 g/mol. The first kappa shape index (κ1) is 20.1. The van der Waals surface area contributed by atoms with Crippen molar-refractivity contribution in [3.8, 4) is 0 Å². The number of rotatable bonds is 7. The zero-order chi connectivity index (χ0) is 22.2. The summed E-state index contributed by atoms with van der Waals surface area (Å²) in [5, 5.41) is 14.6. The smallest absolute Gasteiger partial charge is 0.258 e. The molecular weight excluding hydrogens is 411 g/mol. The van der Waals surface area contributed by atoms with Gasteiger partial charge in [-0.05, 0) is 44.9 Å². The van der Waals surface area contributed by atoms with Crippen LogP contribution in [-0.2, 0) is 6.54 Å². The van der Waals surface area contributed by atoms with E-state index in [-0.39, 0.29) is 11.7 Å². The van der Waals surface area contributed by atoms with Crippen LogP contribution in [0.3, 0.4) is 0 Å². The van der Waals surface area contributed by atoms with Gasteiger partial charge in [-0.3, -0.25) is 14.2 Å². The predicted molar refractivity (Wildman–Crippen MR) is 118 cm³/mol. The van der Waals surface area contributed by atoms with Gasteiger partial charge in [-0.25, -0.2) is 14.4 Å². The number of hydrogen-bond donors (Lipinski definition) is 2. The number of nitrogens with zero attached hydrogens (tertiary/aromatic N) is 6. The van der Waals surface area contributed by atoms with Crippen LogP contribution in [0.5, 0.6) is 0 Å². The molecule has 1 aromatic carbocycles. The van der Waals surface area contributed by atoms with E-state index in [4.69, 9.17) is 0 Å². The standard InChI is InChI=1S/C22H23FN8O/c1-3-30-12-19-21(29-30)28-20(10-24-19)26-13(2)17-8-15(4-7-18(17)23)27-22(32)14-9-25-31(11-14)16-5-6-16/h4,7-13,16H,3,5-6H2,1-2H3,(H,27,32)(H,26,28,29)/t13-/m0/s1. The Labute approximate surface area is 183 Å². The van der Waals surface area contributed by atoms with E-state index in [1.54, 1.807) is 29.3 Å². The number of carbonyl (C=O) groups is 1. The lowest BCUT2D eigenvalue weighted by Crippen LogP contribution is -2.14. The molecule has 164 valence electrons. The fourth-order valence-corrected chi connectivity index (χ4v) is 3.53. The van der Waals surface area contributed by atoms with Crippen LogP contribution in [-0.4, -0.2) is 35.4 Å². The molecule has 0 bridgehead atoms. The number of anilines is 2. The van der Waals surface area contributed by atoms with E-state index in [9.17, 15) is 9.18 Å². The number of aryl methyl sites for hydroxylation is 1. The molecule has 1 aliphatic carbocycles. The van der Waals surface area contributed by atoms with Crippen molar-refractivity contribution >= 4 is 28.6 Å². The van der Waals surface area contributed by atoms with E-state index < -0.39 is 6.04 Å². The number of benzene rings is 1. The normalized spacial score (nSPS) is 14.5. The van der Waals surface area contributed by atoms with Crippen molar-refractivity contribution in [2.75, 3.05) is 10.6 Å². The third kappa shape index (κ3) is 4.03. The van der Waals surface area contributed by atoms with E-state index >= 15 is 0 Å². The minimum absolute atomic E-state index is 0.280. The van der Waals surface area contributed by atoms with Gasteiger partial charge in [-0.2, -0.15) is 10.2 Å². The van der Waals surface area contributed by atoms with Crippen molar-refractivity contribution < 1.29 is 9.18 Å². The molecular formula is C22H23FN8O. The van der Waals surface area contributed by atoms with Gasteiger partial charge < -0.3 is 10.6 Å². The maximum Gasteiger partial charge on any atom is 0.258 e. The maximum atomic E-state index is 14.6. The van der Waals surface area contributed by atoms with Gasteiger partial charge >= 0.3 is 0 Å². The highest BCUT2D eigenvalue weighted by molar-refractivity contribution is 6.04. The second-order valence-electron chi connectivity index (χ2n) is 7.95. The summed E-state index contributed by atoms with van der Waals surface area (Å²) in [5.74, 6) is -0.167. The molecule has 1 saturated carbocycles. The van der Waals surface area contributed by atoms with Gasteiger partial charge in [-0.15, -0.1) is 0 Å². The molecule has 1 atom stereocenters. The summed E-state index contributed by atoms with van der Waals surface area (Å²) < 4.78 is 18.1. The summed E-state index contributed by atoms with van der Waals surface area (Å²) in [5.41, 5.74) is 2.60. The number of amides is 1. The van der Waals surface area contributed by atoms with Gasteiger partial charge in [-0.1, -0.05) is 0 Å². The highest BCUT2D eigenvalue weighted by Gasteiger charge is 2.25. The molecule has 0 spiro atoms. The second-order valence-corrected chi connectivity index (χ2v) is 7.95. The minimum Gasteiger partial charge on any atom is -0.362 e. The van der Waals surface area contributed by atoms with Gasteiger partial charge in [0.05, 0.1) is 36.2 Å². The fraction of sp³-hybridized carbons (Fsp3) is 0.318. The molecule has 0 radical (unpaired) electrons. The molecule has 32 heavy (non-hydrogen) atoms. The highest BCUT2D eigenvalue weighted by Crippen LogP contribution is 2.34. The number of nitrogens with one attached hydrogen (secondary N) is 2. The Balaban J connectivity index is 1.31. The summed E-state index contributed by atoms with van der Waals surface area (Å²) in [6.07, 6.45) is 8.91. The number of hydrogen-bond acceptors (Lipinski definition) is 6. The van der Waals surface area contributed by atoms with Crippen molar-refractivity contribution in [1.82, 2.24) is 29.5 Å². The summed E-state index contributed by atoms with van der Waals surface area (Å²) >= 11 is 0. The van der Waals surface area contributed by atoms with Crippen molar-refractivity contribution in [2.24, 2.45) is 0 Å². The third-order valence-corrected chi connectivity index (χ3v) is 5.47. The van der Waals surface area contributed by atoms with Crippen LogP contribution in [0.2, 0.25) is 0 Å². The fourth-order valence-electron chi connectivity index (χ4n) is 3.53. The molecule has 4 aromatic rings. The number of aromatic nitrogens is 6.